The van der Waals surface area contributed by atoms with Crippen LogP contribution in [0.15, 0.2) is 176 Å². The van der Waals surface area contributed by atoms with E-state index in [2.05, 4.69) is 142 Å². The van der Waals surface area contributed by atoms with Crippen LogP contribution in [-0.4, -0.2) is 24.5 Å². The Hall–Kier alpha value is -6.98. The van der Waals surface area contributed by atoms with Crippen molar-refractivity contribution in [1.82, 2.24) is 24.5 Å². The molecule has 0 amide bonds. The fourth-order valence-corrected chi connectivity index (χ4v) is 7.28. The van der Waals surface area contributed by atoms with Crippen LogP contribution in [0.2, 0.25) is 0 Å². The van der Waals surface area contributed by atoms with Gasteiger partial charge in [-0.15, -0.1) is 0 Å². The van der Waals surface area contributed by atoms with Crippen LogP contribution >= 0.6 is 0 Å². The Kier molecular flexibility index (Phi) is 6.74. The van der Waals surface area contributed by atoms with Gasteiger partial charge in [-0.2, -0.15) is 0 Å². The molecule has 51 heavy (non-hydrogen) atoms. The molecule has 0 saturated carbocycles. The number of fused-ring (bicyclic) bond motifs is 6. The first kappa shape index (κ1) is 29.0. The van der Waals surface area contributed by atoms with E-state index in [1.807, 2.05) is 36.4 Å². The number of hydrogen-bond donors (Lipinski definition) is 0. The van der Waals surface area contributed by atoms with E-state index in [1.54, 1.807) is 12.4 Å². The smallest absolute Gasteiger partial charge is 0.0900 e. The molecule has 0 unspecified atom stereocenters. The molecule has 10 rings (SSSR count). The van der Waals surface area contributed by atoms with Crippen molar-refractivity contribution >= 4 is 43.5 Å². The maximum absolute atomic E-state index is 5.35. The Bertz CT molecular complexity index is 2840. The standard InChI is InChI=1S/C46H29N5/c1-2-12-33-27-35(24-23-30(33)11-1)51-43-18-6-4-14-37(43)44-45(50-38-15-5-3-13-36(38)46(44)51)32-21-19-31(20-22-32)34-28-41(39-16-7-9-25-47-39)49-42(29-34)40-17-8-10-26-48-40/h1-29H. The van der Waals surface area contributed by atoms with Gasteiger partial charge >= 0.3 is 0 Å². The summed E-state index contributed by atoms with van der Waals surface area (Å²) in [6, 6.07) is 57.2. The second-order valence-corrected chi connectivity index (χ2v) is 12.7. The Labute approximate surface area is 294 Å². The summed E-state index contributed by atoms with van der Waals surface area (Å²) in [4.78, 5) is 19.5. The molecule has 0 aliphatic rings. The molecule has 0 bridgehead atoms. The minimum Gasteiger partial charge on any atom is -0.308 e. The molecule has 0 saturated heterocycles. The summed E-state index contributed by atoms with van der Waals surface area (Å²) >= 11 is 0. The Morgan fingerprint density at radius 2 is 1.04 bits per heavy atom. The molecule has 0 aliphatic heterocycles. The summed E-state index contributed by atoms with van der Waals surface area (Å²) in [6.07, 6.45) is 3.60. The fourth-order valence-electron chi connectivity index (χ4n) is 7.28. The Balaban J connectivity index is 1.17. The van der Waals surface area contributed by atoms with Crippen LogP contribution < -0.4 is 0 Å². The molecule has 0 fully saturated rings. The average Bonchev–Trinajstić information content (AvgIpc) is 3.56. The van der Waals surface area contributed by atoms with E-state index < -0.39 is 0 Å². The van der Waals surface area contributed by atoms with Crippen LogP contribution in [0.3, 0.4) is 0 Å². The first-order valence-electron chi connectivity index (χ1n) is 17.1. The molecule has 0 radical (unpaired) electrons. The molecule has 5 heterocycles. The van der Waals surface area contributed by atoms with Gasteiger partial charge in [-0.1, -0.05) is 103 Å². The van der Waals surface area contributed by atoms with Crippen LogP contribution in [0, 0.1) is 0 Å². The zero-order chi connectivity index (χ0) is 33.7. The highest BCUT2D eigenvalue weighted by Gasteiger charge is 2.21. The molecule has 10 aromatic rings. The summed E-state index contributed by atoms with van der Waals surface area (Å²) in [5.74, 6) is 0. The zero-order valence-electron chi connectivity index (χ0n) is 27.5. The van der Waals surface area contributed by atoms with E-state index in [-0.39, 0.29) is 0 Å². The Morgan fingerprint density at radius 3 is 1.76 bits per heavy atom. The molecule has 238 valence electrons. The molecule has 5 heteroatoms. The third-order valence-electron chi connectivity index (χ3n) is 9.67. The average molecular weight is 652 g/mol. The molecular formula is C46H29N5. The predicted molar refractivity (Wildman–Crippen MR) is 209 cm³/mol. The summed E-state index contributed by atoms with van der Waals surface area (Å²) in [5, 5.41) is 5.88. The number of rotatable bonds is 5. The van der Waals surface area contributed by atoms with E-state index in [0.717, 1.165) is 78.2 Å². The van der Waals surface area contributed by atoms with E-state index in [0.29, 0.717) is 0 Å². The molecule has 5 nitrogen and oxygen atoms in total. The van der Waals surface area contributed by atoms with Gasteiger partial charge in [0, 0.05) is 39.8 Å². The van der Waals surface area contributed by atoms with Crippen LogP contribution in [-0.2, 0) is 0 Å². The van der Waals surface area contributed by atoms with Gasteiger partial charge in [0.2, 0.25) is 0 Å². The number of aromatic nitrogens is 5. The lowest BCUT2D eigenvalue weighted by molar-refractivity contribution is 1.19. The predicted octanol–water partition coefficient (Wildman–Crippen LogP) is 11.3. The molecule has 0 N–H and O–H groups in total. The summed E-state index contributed by atoms with van der Waals surface area (Å²) in [7, 11) is 0. The second kappa shape index (κ2) is 11.9. The summed E-state index contributed by atoms with van der Waals surface area (Å²) < 4.78 is 2.41. The van der Waals surface area contributed by atoms with Crippen molar-refractivity contribution in [2.45, 2.75) is 0 Å². The second-order valence-electron chi connectivity index (χ2n) is 12.7. The van der Waals surface area contributed by atoms with Gasteiger partial charge in [0.05, 0.1) is 45.0 Å². The lowest BCUT2D eigenvalue weighted by Crippen LogP contribution is -1.96. The molecular weight excluding hydrogens is 623 g/mol. The number of nitrogens with zero attached hydrogens (tertiary/aromatic N) is 5. The quantitative estimate of drug-likeness (QED) is 0.186. The van der Waals surface area contributed by atoms with Crippen molar-refractivity contribution in [2.24, 2.45) is 0 Å². The van der Waals surface area contributed by atoms with Gasteiger partial charge in [0.1, 0.15) is 0 Å². The number of hydrogen-bond acceptors (Lipinski definition) is 4. The van der Waals surface area contributed by atoms with Crippen LogP contribution in [0.1, 0.15) is 0 Å². The molecule has 0 aliphatic carbocycles. The van der Waals surface area contributed by atoms with Gasteiger partial charge in [0.15, 0.2) is 0 Å². The van der Waals surface area contributed by atoms with Crippen LogP contribution in [0.4, 0.5) is 0 Å². The van der Waals surface area contributed by atoms with Gasteiger partial charge in [-0.05, 0) is 82.6 Å². The van der Waals surface area contributed by atoms with Crippen molar-refractivity contribution in [3.63, 3.8) is 0 Å². The summed E-state index contributed by atoms with van der Waals surface area (Å²) in [6.45, 7) is 0. The normalized spacial score (nSPS) is 11.5. The van der Waals surface area contributed by atoms with Crippen molar-refractivity contribution < 1.29 is 0 Å². The number of pyridine rings is 4. The minimum atomic E-state index is 0.803. The summed E-state index contributed by atoms with van der Waals surface area (Å²) in [5.41, 5.74) is 11.8. The van der Waals surface area contributed by atoms with Gasteiger partial charge < -0.3 is 4.57 Å². The van der Waals surface area contributed by atoms with Crippen molar-refractivity contribution in [2.75, 3.05) is 0 Å². The van der Waals surface area contributed by atoms with Crippen LogP contribution in [0.5, 0.6) is 0 Å². The monoisotopic (exact) mass is 651 g/mol. The molecule has 5 aromatic carbocycles. The number of benzene rings is 5. The maximum atomic E-state index is 5.35. The Morgan fingerprint density at radius 1 is 0.412 bits per heavy atom. The van der Waals surface area contributed by atoms with E-state index >= 15 is 0 Å². The third-order valence-corrected chi connectivity index (χ3v) is 9.67. The van der Waals surface area contributed by atoms with Crippen molar-refractivity contribution in [3.05, 3.63) is 176 Å². The van der Waals surface area contributed by atoms with Gasteiger partial charge in [0.25, 0.3) is 0 Å². The fraction of sp³-hybridized carbons (Fsp3) is 0. The highest BCUT2D eigenvalue weighted by atomic mass is 15.0. The lowest BCUT2D eigenvalue weighted by Gasteiger charge is -2.13. The lowest BCUT2D eigenvalue weighted by atomic mass is 9.98. The van der Waals surface area contributed by atoms with E-state index in [1.165, 1.54) is 16.2 Å². The van der Waals surface area contributed by atoms with Crippen molar-refractivity contribution in [1.29, 1.82) is 0 Å². The molecule has 0 spiro atoms. The van der Waals surface area contributed by atoms with E-state index in [4.69, 9.17) is 9.97 Å². The maximum Gasteiger partial charge on any atom is 0.0900 e. The largest absolute Gasteiger partial charge is 0.308 e. The zero-order valence-corrected chi connectivity index (χ0v) is 27.5. The van der Waals surface area contributed by atoms with E-state index in [9.17, 15) is 0 Å². The number of para-hydroxylation sites is 2. The molecule has 5 aromatic heterocycles. The first-order valence-corrected chi connectivity index (χ1v) is 17.1. The SMILES string of the molecule is c1ccc(-c2cc(-c3ccc(-c4nc5ccccc5c5c4c4ccccc4n5-c4ccc5ccccc5c4)cc3)cc(-c3ccccn3)n2)nc1. The van der Waals surface area contributed by atoms with Crippen LogP contribution in [0.25, 0.3) is 94.3 Å². The minimum absolute atomic E-state index is 0.803. The third kappa shape index (κ3) is 4.94. The van der Waals surface area contributed by atoms with Gasteiger partial charge in [-0.3, -0.25) is 9.97 Å². The first-order chi connectivity index (χ1) is 25.3. The highest BCUT2D eigenvalue weighted by Crippen LogP contribution is 2.42. The van der Waals surface area contributed by atoms with Crippen molar-refractivity contribution in [3.8, 4) is 50.8 Å². The van der Waals surface area contributed by atoms with Gasteiger partial charge in [-0.25, -0.2) is 9.97 Å². The topological polar surface area (TPSA) is 56.5 Å². The molecule has 0 atom stereocenters. The highest BCUT2D eigenvalue weighted by molar-refractivity contribution is 6.22.